The van der Waals surface area contributed by atoms with Gasteiger partial charge in [-0.15, -0.1) is 0 Å². The summed E-state index contributed by atoms with van der Waals surface area (Å²) >= 11 is 0. The predicted octanol–water partition coefficient (Wildman–Crippen LogP) is 2.82. The second kappa shape index (κ2) is 10.4. The van der Waals surface area contributed by atoms with Crippen LogP contribution in [0.25, 0.3) is 0 Å². The van der Waals surface area contributed by atoms with Gasteiger partial charge in [0, 0.05) is 26.1 Å². The lowest BCUT2D eigenvalue weighted by molar-refractivity contribution is -0.118. The first-order valence-corrected chi connectivity index (χ1v) is 10.0. The van der Waals surface area contributed by atoms with Crippen molar-refractivity contribution in [2.45, 2.75) is 44.4 Å². The summed E-state index contributed by atoms with van der Waals surface area (Å²) in [5, 5.41) is 10.6. The van der Waals surface area contributed by atoms with Crippen molar-refractivity contribution in [2.24, 2.45) is 5.73 Å². The number of nitrogens with zero attached hydrogens (tertiary/aromatic N) is 1. The summed E-state index contributed by atoms with van der Waals surface area (Å²) in [5.41, 5.74) is 9.05. The average molecular weight is 383 g/mol. The van der Waals surface area contributed by atoms with Gasteiger partial charge in [0.15, 0.2) is 0 Å². The Hall–Kier alpha value is -2.21. The van der Waals surface area contributed by atoms with Gasteiger partial charge in [-0.05, 0) is 36.0 Å². The molecule has 1 amide bonds. The quantitative estimate of drug-likeness (QED) is 0.663. The standard InChI is InChI=1S/C23H30N2O3/c24-23(27)13-14-25(15-18-7-2-1-3-8-18)16-20(26)17-28-22-12-6-10-19-9-4-5-11-21(19)22/h1-5,7-9,11,20,22,26H,6,10,12-17H2,(H2,24,27). The van der Waals surface area contributed by atoms with Crippen LogP contribution in [0.15, 0.2) is 54.6 Å². The van der Waals surface area contributed by atoms with Gasteiger partial charge in [-0.2, -0.15) is 0 Å². The van der Waals surface area contributed by atoms with E-state index < -0.39 is 6.10 Å². The minimum atomic E-state index is -0.620. The Morgan fingerprint density at radius 1 is 1.18 bits per heavy atom. The average Bonchev–Trinajstić information content (AvgIpc) is 2.71. The van der Waals surface area contributed by atoms with Crippen molar-refractivity contribution in [1.29, 1.82) is 0 Å². The van der Waals surface area contributed by atoms with E-state index in [1.54, 1.807) is 0 Å². The van der Waals surface area contributed by atoms with Crippen LogP contribution < -0.4 is 5.73 Å². The highest BCUT2D eigenvalue weighted by Crippen LogP contribution is 2.32. The Bertz CT molecular complexity index is 751. The molecule has 28 heavy (non-hydrogen) atoms. The zero-order valence-corrected chi connectivity index (χ0v) is 16.3. The van der Waals surface area contributed by atoms with Gasteiger partial charge in [-0.3, -0.25) is 9.69 Å². The molecule has 2 atom stereocenters. The van der Waals surface area contributed by atoms with E-state index in [0.717, 1.165) is 24.8 Å². The molecule has 0 bridgehead atoms. The smallest absolute Gasteiger partial charge is 0.218 e. The highest BCUT2D eigenvalue weighted by Gasteiger charge is 2.22. The molecule has 5 heteroatoms. The highest BCUT2D eigenvalue weighted by atomic mass is 16.5. The number of amides is 1. The Morgan fingerprint density at radius 2 is 1.93 bits per heavy atom. The number of hydrogen-bond donors (Lipinski definition) is 2. The maximum atomic E-state index is 11.2. The number of rotatable bonds is 10. The SMILES string of the molecule is NC(=O)CCN(Cc1ccccc1)CC(O)COC1CCCc2ccccc21. The molecule has 0 aliphatic heterocycles. The lowest BCUT2D eigenvalue weighted by Crippen LogP contribution is -2.37. The van der Waals surface area contributed by atoms with E-state index in [-0.39, 0.29) is 25.0 Å². The Kier molecular flexibility index (Phi) is 7.60. The van der Waals surface area contributed by atoms with Crippen LogP contribution in [0.5, 0.6) is 0 Å². The van der Waals surface area contributed by atoms with Crippen LogP contribution in [-0.2, 0) is 22.5 Å². The molecule has 2 aromatic carbocycles. The summed E-state index contributed by atoms with van der Waals surface area (Å²) in [6.07, 6.45) is 2.89. The predicted molar refractivity (Wildman–Crippen MR) is 110 cm³/mol. The van der Waals surface area contributed by atoms with E-state index in [1.165, 1.54) is 11.1 Å². The van der Waals surface area contributed by atoms with Crippen LogP contribution in [0.1, 0.15) is 42.1 Å². The van der Waals surface area contributed by atoms with Gasteiger partial charge in [-0.25, -0.2) is 0 Å². The minimum absolute atomic E-state index is 0.0489. The molecule has 150 valence electrons. The second-order valence-electron chi connectivity index (χ2n) is 7.50. The van der Waals surface area contributed by atoms with Crippen molar-refractivity contribution < 1.29 is 14.6 Å². The molecule has 5 nitrogen and oxygen atoms in total. The lowest BCUT2D eigenvalue weighted by atomic mass is 9.89. The number of nitrogens with two attached hydrogens (primary N) is 1. The van der Waals surface area contributed by atoms with Gasteiger partial charge in [0.05, 0.1) is 18.8 Å². The maximum Gasteiger partial charge on any atom is 0.218 e. The number of benzene rings is 2. The van der Waals surface area contributed by atoms with Gasteiger partial charge in [0.2, 0.25) is 5.91 Å². The number of ether oxygens (including phenoxy) is 1. The topological polar surface area (TPSA) is 75.8 Å². The van der Waals surface area contributed by atoms with Crippen LogP contribution in [0, 0.1) is 0 Å². The van der Waals surface area contributed by atoms with Crippen molar-refractivity contribution in [3.8, 4) is 0 Å². The molecular formula is C23H30N2O3. The fourth-order valence-corrected chi connectivity index (χ4v) is 3.81. The number of aliphatic hydroxyl groups excluding tert-OH is 1. The molecule has 0 heterocycles. The van der Waals surface area contributed by atoms with Crippen LogP contribution in [0.4, 0.5) is 0 Å². The molecule has 0 radical (unpaired) electrons. The first-order chi connectivity index (χ1) is 13.6. The maximum absolute atomic E-state index is 11.2. The number of aryl methyl sites for hydroxylation is 1. The molecule has 3 N–H and O–H groups in total. The third-order valence-corrected chi connectivity index (χ3v) is 5.20. The largest absolute Gasteiger partial charge is 0.389 e. The van der Waals surface area contributed by atoms with Crippen LogP contribution in [-0.4, -0.2) is 41.7 Å². The Balaban J connectivity index is 1.54. The summed E-state index contributed by atoms with van der Waals surface area (Å²) in [5.74, 6) is -0.331. The summed E-state index contributed by atoms with van der Waals surface area (Å²) in [6, 6.07) is 18.4. The van der Waals surface area contributed by atoms with E-state index in [2.05, 4.69) is 23.1 Å². The van der Waals surface area contributed by atoms with E-state index in [4.69, 9.17) is 10.5 Å². The number of hydrogen-bond acceptors (Lipinski definition) is 4. The van der Waals surface area contributed by atoms with Gasteiger partial charge >= 0.3 is 0 Å². The van der Waals surface area contributed by atoms with Crippen molar-refractivity contribution in [3.05, 3.63) is 71.3 Å². The highest BCUT2D eigenvalue weighted by molar-refractivity contribution is 5.73. The van der Waals surface area contributed by atoms with Crippen molar-refractivity contribution >= 4 is 5.91 Å². The molecule has 0 spiro atoms. The normalized spacial score (nSPS) is 17.3. The number of primary amides is 1. The van der Waals surface area contributed by atoms with Crippen molar-refractivity contribution in [2.75, 3.05) is 19.7 Å². The third-order valence-electron chi connectivity index (χ3n) is 5.20. The van der Waals surface area contributed by atoms with E-state index in [9.17, 15) is 9.90 Å². The van der Waals surface area contributed by atoms with Gasteiger partial charge in [-0.1, -0.05) is 54.6 Å². The van der Waals surface area contributed by atoms with Crippen LogP contribution >= 0.6 is 0 Å². The zero-order chi connectivity index (χ0) is 19.8. The van der Waals surface area contributed by atoms with Crippen LogP contribution in [0.3, 0.4) is 0 Å². The summed E-state index contributed by atoms with van der Waals surface area (Å²) in [7, 11) is 0. The van der Waals surface area contributed by atoms with E-state index in [0.29, 0.717) is 19.6 Å². The molecule has 0 aromatic heterocycles. The molecule has 1 aliphatic rings. The van der Waals surface area contributed by atoms with E-state index >= 15 is 0 Å². The summed E-state index contributed by atoms with van der Waals surface area (Å²) < 4.78 is 6.08. The fraction of sp³-hybridized carbons (Fsp3) is 0.435. The zero-order valence-electron chi connectivity index (χ0n) is 16.3. The molecule has 2 aromatic rings. The monoisotopic (exact) mass is 382 g/mol. The molecule has 0 saturated carbocycles. The Morgan fingerprint density at radius 3 is 2.71 bits per heavy atom. The summed E-state index contributed by atoms with van der Waals surface area (Å²) in [6.45, 7) is 1.91. The lowest BCUT2D eigenvalue weighted by Gasteiger charge is -2.28. The summed E-state index contributed by atoms with van der Waals surface area (Å²) in [4.78, 5) is 13.3. The third kappa shape index (κ3) is 6.16. The number of carbonyl (C=O) groups excluding carboxylic acids is 1. The van der Waals surface area contributed by atoms with Crippen molar-refractivity contribution in [3.63, 3.8) is 0 Å². The molecular weight excluding hydrogens is 352 g/mol. The van der Waals surface area contributed by atoms with Gasteiger partial charge in [0.1, 0.15) is 0 Å². The Labute approximate surface area is 167 Å². The molecule has 3 rings (SSSR count). The fourth-order valence-electron chi connectivity index (χ4n) is 3.81. The first kappa shape index (κ1) is 20.5. The molecule has 1 aliphatic carbocycles. The second-order valence-corrected chi connectivity index (χ2v) is 7.50. The minimum Gasteiger partial charge on any atom is -0.389 e. The van der Waals surface area contributed by atoms with E-state index in [1.807, 2.05) is 36.4 Å². The first-order valence-electron chi connectivity index (χ1n) is 10.0. The van der Waals surface area contributed by atoms with Crippen molar-refractivity contribution in [1.82, 2.24) is 4.90 Å². The molecule has 2 unspecified atom stereocenters. The van der Waals surface area contributed by atoms with Gasteiger partial charge in [0.25, 0.3) is 0 Å². The number of fused-ring (bicyclic) bond motifs is 1. The number of carbonyl (C=O) groups is 1. The number of aliphatic hydroxyl groups is 1. The molecule has 0 saturated heterocycles. The molecule has 0 fully saturated rings. The van der Waals surface area contributed by atoms with Gasteiger partial charge < -0.3 is 15.6 Å². The van der Waals surface area contributed by atoms with Crippen LogP contribution in [0.2, 0.25) is 0 Å².